The van der Waals surface area contributed by atoms with E-state index < -0.39 is 17.9 Å². The van der Waals surface area contributed by atoms with Gasteiger partial charge in [-0.3, -0.25) is 9.59 Å². The summed E-state index contributed by atoms with van der Waals surface area (Å²) in [4.78, 5) is 28.1. The summed E-state index contributed by atoms with van der Waals surface area (Å²) in [5.74, 6) is -2.28. The highest BCUT2D eigenvalue weighted by molar-refractivity contribution is 5.99. The fraction of sp³-hybridized carbons (Fsp3) is 0.297. The van der Waals surface area contributed by atoms with E-state index in [2.05, 4.69) is 10.6 Å². The summed E-state index contributed by atoms with van der Waals surface area (Å²) in [5.41, 5.74) is 5.05. The van der Waals surface area contributed by atoms with Gasteiger partial charge in [-0.1, -0.05) is 98.8 Å². The number of aliphatic hydroxyl groups is 2. The Kier molecular flexibility index (Phi) is 8.83. The van der Waals surface area contributed by atoms with Crippen molar-refractivity contribution in [2.24, 2.45) is 0 Å². The Hall–Kier alpha value is -4.34. The van der Waals surface area contributed by atoms with E-state index in [4.69, 9.17) is 9.47 Å². The summed E-state index contributed by atoms with van der Waals surface area (Å²) in [5, 5.41) is 26.4. The van der Waals surface area contributed by atoms with Crippen molar-refractivity contribution in [3.8, 4) is 0 Å². The minimum atomic E-state index is -1.52. The molecule has 4 aromatic carbocycles. The van der Waals surface area contributed by atoms with Gasteiger partial charge in [-0.25, -0.2) is 0 Å². The lowest BCUT2D eigenvalue weighted by Crippen LogP contribution is -2.37. The molecule has 8 heteroatoms. The number of benzene rings is 4. The first-order chi connectivity index (χ1) is 21.9. The van der Waals surface area contributed by atoms with Crippen LogP contribution in [0.25, 0.3) is 0 Å². The van der Waals surface area contributed by atoms with Crippen molar-refractivity contribution in [2.45, 2.75) is 56.8 Å². The van der Waals surface area contributed by atoms with E-state index in [-0.39, 0.29) is 37.2 Å². The van der Waals surface area contributed by atoms with Crippen LogP contribution in [0.4, 0.5) is 0 Å². The van der Waals surface area contributed by atoms with Crippen molar-refractivity contribution < 1.29 is 29.3 Å². The molecule has 0 bridgehead atoms. The Morgan fingerprint density at radius 2 is 1.04 bits per heavy atom. The molecule has 0 aliphatic carbocycles. The molecule has 0 saturated carbocycles. The zero-order valence-corrected chi connectivity index (χ0v) is 25.4. The fourth-order valence-electron chi connectivity index (χ4n) is 6.62. The SMILES string of the molecule is CC[C@H]1OC2(O[C@H](CC)c3cccc(C(=O)N[C@@H](CO)c4ccccc4)c32)c2c(C(=O)N[C@@H](CO)c3ccccc3)cccc21. The molecule has 0 radical (unpaired) electrons. The summed E-state index contributed by atoms with van der Waals surface area (Å²) in [6, 6.07) is 28.4. The van der Waals surface area contributed by atoms with E-state index in [1.54, 1.807) is 12.1 Å². The molecule has 0 fully saturated rings. The second-order valence-corrected chi connectivity index (χ2v) is 11.4. The number of nitrogens with one attached hydrogen (secondary N) is 2. The highest BCUT2D eigenvalue weighted by atomic mass is 16.7. The monoisotopic (exact) mass is 606 g/mol. The van der Waals surface area contributed by atoms with Gasteiger partial charge in [-0.05, 0) is 47.2 Å². The molecule has 0 aromatic heterocycles. The van der Waals surface area contributed by atoms with E-state index in [0.29, 0.717) is 35.1 Å². The van der Waals surface area contributed by atoms with E-state index in [1.165, 1.54) is 0 Å². The summed E-state index contributed by atoms with van der Waals surface area (Å²) in [6.07, 6.45) is 0.468. The molecule has 6 rings (SSSR count). The fourth-order valence-corrected chi connectivity index (χ4v) is 6.62. The number of carbonyl (C=O) groups excluding carboxylic acids is 2. The minimum Gasteiger partial charge on any atom is -0.394 e. The van der Waals surface area contributed by atoms with Crippen molar-refractivity contribution in [3.05, 3.63) is 142 Å². The molecule has 4 aromatic rings. The van der Waals surface area contributed by atoms with Gasteiger partial charge in [0.05, 0.1) is 37.5 Å². The summed E-state index contributed by atoms with van der Waals surface area (Å²) < 4.78 is 13.6. The summed E-state index contributed by atoms with van der Waals surface area (Å²) in [7, 11) is 0. The predicted octanol–water partition coefficient (Wildman–Crippen LogP) is 5.78. The molecule has 4 N–H and O–H groups in total. The first-order valence-corrected chi connectivity index (χ1v) is 15.5. The maximum Gasteiger partial charge on any atom is 0.252 e. The normalized spacial score (nSPS) is 19.0. The van der Waals surface area contributed by atoms with E-state index >= 15 is 0 Å². The third kappa shape index (κ3) is 5.44. The first-order valence-electron chi connectivity index (χ1n) is 15.5. The zero-order chi connectivity index (χ0) is 31.6. The van der Waals surface area contributed by atoms with Gasteiger partial charge >= 0.3 is 0 Å². The molecule has 232 valence electrons. The Labute approximate surface area is 263 Å². The Bertz CT molecular complexity index is 1550. The van der Waals surface area contributed by atoms with Crippen molar-refractivity contribution in [2.75, 3.05) is 13.2 Å². The number of hydrogen-bond donors (Lipinski definition) is 4. The van der Waals surface area contributed by atoms with Crippen LogP contribution in [0.3, 0.4) is 0 Å². The lowest BCUT2D eigenvalue weighted by molar-refractivity contribution is -0.236. The van der Waals surface area contributed by atoms with Gasteiger partial charge in [0.15, 0.2) is 0 Å². The van der Waals surface area contributed by atoms with Crippen LogP contribution in [-0.4, -0.2) is 35.2 Å². The average Bonchev–Trinajstić information content (AvgIpc) is 3.60. The number of ether oxygens (including phenoxy) is 2. The van der Waals surface area contributed by atoms with Gasteiger partial charge in [-0.15, -0.1) is 0 Å². The number of hydrogen-bond acceptors (Lipinski definition) is 6. The second kappa shape index (κ2) is 12.9. The smallest absolute Gasteiger partial charge is 0.252 e. The highest BCUT2D eigenvalue weighted by Gasteiger charge is 2.57. The van der Waals surface area contributed by atoms with Gasteiger partial charge in [0, 0.05) is 22.3 Å². The third-order valence-corrected chi connectivity index (χ3v) is 8.77. The number of rotatable bonds is 10. The molecular weight excluding hydrogens is 568 g/mol. The maximum absolute atomic E-state index is 14.1. The van der Waals surface area contributed by atoms with Gasteiger partial charge < -0.3 is 30.3 Å². The largest absolute Gasteiger partial charge is 0.394 e. The number of fused-ring (bicyclic) bond motifs is 4. The molecule has 8 nitrogen and oxygen atoms in total. The van der Waals surface area contributed by atoms with Gasteiger partial charge in [0.2, 0.25) is 5.79 Å². The van der Waals surface area contributed by atoms with Crippen LogP contribution < -0.4 is 10.6 Å². The van der Waals surface area contributed by atoms with Crippen LogP contribution in [-0.2, 0) is 15.3 Å². The maximum atomic E-state index is 14.1. The first kappa shape index (κ1) is 30.7. The molecule has 2 heterocycles. The number of aliphatic hydroxyl groups excluding tert-OH is 2. The van der Waals surface area contributed by atoms with Crippen LogP contribution in [0.1, 0.15) is 105 Å². The minimum absolute atomic E-state index is 0.279. The standard InChI is InChI=1S/C37H38N2O6/c1-3-31-25-17-11-19-27(35(42)38-29(21-40)23-13-7-5-8-14-23)33(25)37(44-31)34-26(32(4-2)45-37)18-12-20-28(34)36(43)39-30(22-41)24-15-9-6-10-16-24/h5-20,29-32,40-41H,3-4,21-22H2,1-2H3,(H,38,42)(H,39,43)/t29-,30-,31+,32+,37?/m0/s1. The quantitative estimate of drug-likeness (QED) is 0.182. The van der Waals surface area contributed by atoms with E-state index in [9.17, 15) is 19.8 Å². The molecule has 1 spiro atoms. The summed E-state index contributed by atoms with van der Waals surface area (Å²) >= 11 is 0. The Balaban J connectivity index is 1.46. The lowest BCUT2D eigenvalue weighted by Gasteiger charge is -2.30. The topological polar surface area (TPSA) is 117 Å². The molecule has 2 aliphatic heterocycles. The molecule has 0 saturated heterocycles. The van der Waals surface area contributed by atoms with Crippen molar-refractivity contribution in [1.29, 1.82) is 0 Å². The van der Waals surface area contributed by atoms with Crippen LogP contribution in [0.15, 0.2) is 97.1 Å². The second-order valence-electron chi connectivity index (χ2n) is 11.4. The zero-order valence-electron chi connectivity index (χ0n) is 25.4. The predicted molar refractivity (Wildman–Crippen MR) is 169 cm³/mol. The van der Waals surface area contributed by atoms with Crippen LogP contribution >= 0.6 is 0 Å². The van der Waals surface area contributed by atoms with Crippen LogP contribution in [0.5, 0.6) is 0 Å². The van der Waals surface area contributed by atoms with Crippen molar-refractivity contribution >= 4 is 11.8 Å². The van der Waals surface area contributed by atoms with Gasteiger partial charge in [0.1, 0.15) is 0 Å². The average molecular weight is 607 g/mol. The number of carbonyl (C=O) groups is 2. The Morgan fingerprint density at radius 1 is 0.644 bits per heavy atom. The van der Waals surface area contributed by atoms with Crippen molar-refractivity contribution in [1.82, 2.24) is 10.6 Å². The molecule has 45 heavy (non-hydrogen) atoms. The molecular formula is C37H38N2O6. The third-order valence-electron chi connectivity index (χ3n) is 8.77. The lowest BCUT2D eigenvalue weighted by atomic mass is 9.85. The van der Waals surface area contributed by atoms with E-state index in [0.717, 1.165) is 22.3 Å². The van der Waals surface area contributed by atoms with Crippen LogP contribution in [0.2, 0.25) is 0 Å². The van der Waals surface area contributed by atoms with Crippen LogP contribution in [0, 0.1) is 0 Å². The van der Waals surface area contributed by atoms with E-state index in [1.807, 2.05) is 98.8 Å². The Morgan fingerprint density at radius 3 is 1.40 bits per heavy atom. The number of amides is 2. The molecule has 2 aliphatic rings. The van der Waals surface area contributed by atoms with Crippen molar-refractivity contribution in [3.63, 3.8) is 0 Å². The molecule has 2 amide bonds. The molecule has 0 unspecified atom stereocenters. The molecule has 4 atom stereocenters. The highest BCUT2D eigenvalue weighted by Crippen LogP contribution is 2.59. The summed E-state index contributed by atoms with van der Waals surface area (Å²) in [6.45, 7) is 3.46. The van der Waals surface area contributed by atoms with Gasteiger partial charge in [0.25, 0.3) is 11.8 Å². The van der Waals surface area contributed by atoms with Gasteiger partial charge in [-0.2, -0.15) is 0 Å².